The zero-order valence-electron chi connectivity index (χ0n) is 13.7. The van der Waals surface area contributed by atoms with Crippen LogP contribution in [0.2, 0.25) is 0 Å². The summed E-state index contributed by atoms with van der Waals surface area (Å²) in [6, 6.07) is 19.2. The maximum Gasteiger partial charge on any atom is 0.213 e. The van der Waals surface area contributed by atoms with Crippen LogP contribution in [0.25, 0.3) is 22.6 Å². The summed E-state index contributed by atoms with van der Waals surface area (Å²) >= 11 is 0. The highest BCUT2D eigenvalue weighted by atomic mass is 16.5. The van der Waals surface area contributed by atoms with E-state index in [0.717, 1.165) is 34.0 Å². The second-order valence-corrected chi connectivity index (χ2v) is 5.23. The Balaban J connectivity index is 1.80. The van der Waals surface area contributed by atoms with E-state index in [9.17, 15) is 0 Å². The van der Waals surface area contributed by atoms with Gasteiger partial charge in [0.2, 0.25) is 5.90 Å². The Hall–Kier alpha value is -3.01. The molecule has 0 aliphatic rings. The molecule has 0 amide bonds. The molecule has 0 fully saturated rings. The number of methoxy groups -OCH3 is 1. The molecule has 3 aromatic rings. The average Bonchev–Trinajstić information content (AvgIpc) is 3.12. The minimum atomic E-state index is 0.183. The molecule has 24 heavy (non-hydrogen) atoms. The third kappa shape index (κ3) is 3.33. The fourth-order valence-electron chi connectivity index (χ4n) is 2.42. The topological polar surface area (TPSA) is 55.5 Å². The highest BCUT2D eigenvalue weighted by Crippen LogP contribution is 2.29. The summed E-state index contributed by atoms with van der Waals surface area (Å²) in [5, 5.41) is 7.80. The first-order valence-electron chi connectivity index (χ1n) is 7.77. The molecule has 0 bridgehead atoms. The number of nitrogens with one attached hydrogen (secondary N) is 1. The van der Waals surface area contributed by atoms with E-state index in [4.69, 9.17) is 19.3 Å². The molecular weight excluding hydrogens is 302 g/mol. The molecule has 0 unspecified atom stereocenters. The van der Waals surface area contributed by atoms with Crippen LogP contribution in [0.5, 0.6) is 5.75 Å². The minimum Gasteiger partial charge on any atom is -0.497 e. The van der Waals surface area contributed by atoms with Crippen LogP contribution in [-0.2, 0) is 4.74 Å². The predicted octanol–water partition coefficient (Wildman–Crippen LogP) is 4.98. The number of hydrogen-bond acceptors (Lipinski definition) is 4. The molecule has 0 aliphatic carbocycles. The second-order valence-electron chi connectivity index (χ2n) is 5.23. The fourth-order valence-corrected chi connectivity index (χ4v) is 2.42. The van der Waals surface area contributed by atoms with Crippen LogP contribution in [0.4, 0.5) is 0 Å². The smallest absolute Gasteiger partial charge is 0.213 e. The maximum atomic E-state index is 7.80. The fraction of sp³-hybridized carbons (Fsp3) is 0.150. The van der Waals surface area contributed by atoms with Gasteiger partial charge in [-0.2, -0.15) is 0 Å². The van der Waals surface area contributed by atoms with E-state index in [2.05, 4.69) is 0 Å². The lowest BCUT2D eigenvalue weighted by atomic mass is 10.1. The average molecular weight is 321 g/mol. The molecule has 3 rings (SSSR count). The van der Waals surface area contributed by atoms with Crippen molar-refractivity contribution in [3.05, 3.63) is 66.2 Å². The Kier molecular flexibility index (Phi) is 4.66. The van der Waals surface area contributed by atoms with Gasteiger partial charge in [-0.05, 0) is 55.5 Å². The van der Waals surface area contributed by atoms with Gasteiger partial charge in [0.1, 0.15) is 17.3 Å². The van der Waals surface area contributed by atoms with Crippen LogP contribution in [0.15, 0.2) is 65.1 Å². The monoisotopic (exact) mass is 321 g/mol. The van der Waals surface area contributed by atoms with Crippen LogP contribution < -0.4 is 4.74 Å². The first-order valence-corrected chi connectivity index (χ1v) is 7.77. The molecule has 4 heteroatoms. The summed E-state index contributed by atoms with van der Waals surface area (Å²) in [6.07, 6.45) is 0. The van der Waals surface area contributed by atoms with Crippen molar-refractivity contribution in [2.75, 3.05) is 13.7 Å². The Morgan fingerprint density at radius 3 is 1.92 bits per heavy atom. The van der Waals surface area contributed by atoms with Crippen molar-refractivity contribution in [1.82, 2.24) is 0 Å². The van der Waals surface area contributed by atoms with Gasteiger partial charge in [-0.25, -0.2) is 0 Å². The third-order valence-corrected chi connectivity index (χ3v) is 3.70. The van der Waals surface area contributed by atoms with Crippen LogP contribution in [0.1, 0.15) is 12.5 Å². The Bertz CT molecular complexity index is 817. The van der Waals surface area contributed by atoms with Crippen LogP contribution in [-0.4, -0.2) is 19.6 Å². The standard InChI is InChI=1S/C20H19NO3/c1-3-23-20(21)16-6-4-14(5-7-16)18-12-13-19(24-18)15-8-10-17(22-2)11-9-15/h4-13,21H,3H2,1-2H3. The van der Waals surface area contributed by atoms with Gasteiger partial charge < -0.3 is 13.9 Å². The first-order chi connectivity index (χ1) is 11.7. The van der Waals surface area contributed by atoms with Gasteiger partial charge in [-0.1, -0.05) is 12.1 Å². The van der Waals surface area contributed by atoms with Gasteiger partial charge in [-0.15, -0.1) is 0 Å². The first kappa shape index (κ1) is 15.9. The highest BCUT2D eigenvalue weighted by Gasteiger charge is 2.08. The van der Waals surface area contributed by atoms with E-state index >= 15 is 0 Å². The number of furan rings is 1. The Morgan fingerprint density at radius 2 is 1.42 bits per heavy atom. The van der Waals surface area contributed by atoms with Crippen LogP contribution in [0, 0.1) is 5.41 Å². The lowest BCUT2D eigenvalue weighted by molar-refractivity contribution is 0.325. The van der Waals surface area contributed by atoms with Crippen molar-refractivity contribution >= 4 is 5.90 Å². The second kappa shape index (κ2) is 7.04. The molecule has 1 heterocycles. The molecule has 4 nitrogen and oxygen atoms in total. The Morgan fingerprint density at radius 1 is 0.875 bits per heavy atom. The lowest BCUT2D eigenvalue weighted by Gasteiger charge is -2.05. The minimum absolute atomic E-state index is 0.183. The van der Waals surface area contributed by atoms with Crippen molar-refractivity contribution in [1.29, 1.82) is 5.41 Å². The van der Waals surface area contributed by atoms with Gasteiger partial charge in [0.05, 0.1) is 13.7 Å². The molecule has 0 radical (unpaired) electrons. The summed E-state index contributed by atoms with van der Waals surface area (Å²) in [4.78, 5) is 0. The molecule has 0 aliphatic heterocycles. The molecular formula is C20H19NO3. The molecule has 1 N–H and O–H groups in total. The third-order valence-electron chi connectivity index (χ3n) is 3.70. The van der Waals surface area contributed by atoms with Crippen molar-refractivity contribution in [3.8, 4) is 28.4 Å². The highest BCUT2D eigenvalue weighted by molar-refractivity contribution is 5.92. The van der Waals surface area contributed by atoms with Gasteiger partial charge in [0.15, 0.2) is 0 Å². The number of benzene rings is 2. The van der Waals surface area contributed by atoms with E-state index in [0.29, 0.717) is 6.61 Å². The molecule has 0 saturated heterocycles. The van der Waals surface area contributed by atoms with E-state index in [-0.39, 0.29) is 5.90 Å². The maximum absolute atomic E-state index is 7.80. The van der Waals surface area contributed by atoms with Crippen molar-refractivity contribution < 1.29 is 13.9 Å². The zero-order chi connectivity index (χ0) is 16.9. The molecule has 122 valence electrons. The largest absolute Gasteiger partial charge is 0.497 e. The van der Waals surface area contributed by atoms with Gasteiger partial charge >= 0.3 is 0 Å². The number of hydrogen-bond donors (Lipinski definition) is 1. The molecule has 0 saturated carbocycles. The molecule has 0 spiro atoms. The van der Waals surface area contributed by atoms with E-state index in [1.54, 1.807) is 7.11 Å². The van der Waals surface area contributed by atoms with Crippen molar-refractivity contribution in [2.24, 2.45) is 0 Å². The van der Waals surface area contributed by atoms with Gasteiger partial charge in [0, 0.05) is 16.7 Å². The van der Waals surface area contributed by atoms with Crippen LogP contribution >= 0.6 is 0 Å². The van der Waals surface area contributed by atoms with Gasteiger partial charge in [-0.3, -0.25) is 5.41 Å². The van der Waals surface area contributed by atoms with E-state index in [1.807, 2.05) is 67.6 Å². The predicted molar refractivity (Wildman–Crippen MR) is 94.6 cm³/mol. The van der Waals surface area contributed by atoms with Crippen LogP contribution in [0.3, 0.4) is 0 Å². The zero-order valence-corrected chi connectivity index (χ0v) is 13.7. The lowest BCUT2D eigenvalue weighted by Crippen LogP contribution is -2.04. The summed E-state index contributed by atoms with van der Waals surface area (Å²) in [7, 11) is 1.65. The van der Waals surface area contributed by atoms with Crippen molar-refractivity contribution in [3.63, 3.8) is 0 Å². The number of rotatable bonds is 5. The molecule has 2 aromatic carbocycles. The van der Waals surface area contributed by atoms with Crippen molar-refractivity contribution in [2.45, 2.75) is 6.92 Å². The Labute approximate surface area is 141 Å². The van der Waals surface area contributed by atoms with E-state index in [1.165, 1.54) is 0 Å². The summed E-state index contributed by atoms with van der Waals surface area (Å²) < 4.78 is 16.3. The summed E-state index contributed by atoms with van der Waals surface area (Å²) in [5.74, 6) is 2.59. The summed E-state index contributed by atoms with van der Waals surface area (Å²) in [6.45, 7) is 2.36. The summed E-state index contributed by atoms with van der Waals surface area (Å²) in [5.41, 5.74) is 2.71. The molecule has 1 aromatic heterocycles. The van der Waals surface area contributed by atoms with Gasteiger partial charge in [0.25, 0.3) is 0 Å². The number of ether oxygens (including phenoxy) is 2. The SMILES string of the molecule is CCOC(=N)c1ccc(-c2ccc(-c3ccc(OC)cc3)o2)cc1. The molecule has 0 atom stereocenters. The van der Waals surface area contributed by atoms with E-state index < -0.39 is 0 Å². The normalized spacial score (nSPS) is 10.4. The quantitative estimate of drug-likeness (QED) is 0.532.